The molecule has 8 heteroatoms. The molecular weight excluding hydrogens is 378 g/mol. The number of hydrogen-bond acceptors (Lipinski definition) is 7. The average molecular weight is 403 g/mol. The molecule has 0 atom stereocenters. The van der Waals surface area contributed by atoms with Gasteiger partial charge in [-0.2, -0.15) is 5.10 Å². The lowest BCUT2D eigenvalue weighted by atomic mass is 10.2. The van der Waals surface area contributed by atoms with E-state index in [-0.39, 0.29) is 6.10 Å². The van der Waals surface area contributed by atoms with Crippen LogP contribution in [0.3, 0.4) is 0 Å². The Bertz CT molecular complexity index is 1190. The van der Waals surface area contributed by atoms with Crippen LogP contribution in [-0.2, 0) is 0 Å². The predicted octanol–water partition coefficient (Wildman–Crippen LogP) is 3.09. The van der Waals surface area contributed by atoms with Gasteiger partial charge in [0.25, 0.3) is 0 Å². The molecule has 0 radical (unpaired) electrons. The normalized spacial score (nSPS) is 14.8. The third kappa shape index (κ3) is 3.38. The van der Waals surface area contributed by atoms with Crippen molar-refractivity contribution in [2.75, 3.05) is 36.0 Å². The van der Waals surface area contributed by atoms with E-state index < -0.39 is 0 Å². The third-order valence-corrected chi connectivity index (χ3v) is 5.37. The lowest BCUT2D eigenvalue weighted by molar-refractivity contribution is 0.235. The van der Waals surface area contributed by atoms with Crippen LogP contribution in [0.25, 0.3) is 16.4 Å². The maximum Gasteiger partial charge on any atom is 0.224 e. The van der Waals surface area contributed by atoms with Gasteiger partial charge >= 0.3 is 0 Å². The third-order valence-electron chi connectivity index (χ3n) is 5.37. The van der Waals surface area contributed by atoms with Gasteiger partial charge in [-0.05, 0) is 45.0 Å². The summed E-state index contributed by atoms with van der Waals surface area (Å²) < 4.78 is 7.80. The molecule has 1 aliphatic heterocycles. The Labute approximate surface area is 175 Å². The minimum absolute atomic E-state index is 0.0673. The van der Waals surface area contributed by atoms with Gasteiger partial charge in [0, 0.05) is 44.3 Å². The Hall–Kier alpha value is -3.42. The molecule has 154 valence electrons. The van der Waals surface area contributed by atoms with Crippen molar-refractivity contribution < 1.29 is 4.74 Å². The van der Waals surface area contributed by atoms with Crippen LogP contribution in [0.5, 0.6) is 5.88 Å². The van der Waals surface area contributed by atoms with Gasteiger partial charge in [-0.15, -0.1) is 0 Å². The van der Waals surface area contributed by atoms with Crippen LogP contribution < -0.4 is 14.5 Å². The van der Waals surface area contributed by atoms with Gasteiger partial charge in [0.1, 0.15) is 11.8 Å². The predicted molar refractivity (Wildman–Crippen MR) is 117 cm³/mol. The quantitative estimate of drug-likeness (QED) is 0.518. The van der Waals surface area contributed by atoms with Crippen LogP contribution in [0, 0.1) is 6.92 Å². The molecule has 1 aliphatic rings. The maximum absolute atomic E-state index is 5.89. The SMILES string of the molecule is Cc1cc2c(N3CCN(c4ccc5ncnc(OC(C)C)c5c4)CC3)nccn2n1. The monoisotopic (exact) mass is 403 g/mol. The van der Waals surface area contributed by atoms with Crippen LogP contribution in [0.1, 0.15) is 19.5 Å². The van der Waals surface area contributed by atoms with Crippen LogP contribution >= 0.6 is 0 Å². The van der Waals surface area contributed by atoms with Crippen molar-refractivity contribution in [3.05, 3.63) is 48.7 Å². The summed E-state index contributed by atoms with van der Waals surface area (Å²) in [4.78, 5) is 18.1. The van der Waals surface area contributed by atoms with Gasteiger partial charge in [-0.3, -0.25) is 0 Å². The van der Waals surface area contributed by atoms with E-state index in [9.17, 15) is 0 Å². The van der Waals surface area contributed by atoms with E-state index in [0.29, 0.717) is 5.88 Å². The van der Waals surface area contributed by atoms with E-state index in [1.807, 2.05) is 43.7 Å². The molecule has 30 heavy (non-hydrogen) atoms. The van der Waals surface area contributed by atoms with Crippen molar-refractivity contribution >= 4 is 27.9 Å². The molecule has 5 rings (SSSR count). The van der Waals surface area contributed by atoms with Gasteiger partial charge in [0.15, 0.2) is 5.82 Å². The summed E-state index contributed by atoms with van der Waals surface area (Å²) >= 11 is 0. The molecule has 0 spiro atoms. The highest BCUT2D eigenvalue weighted by molar-refractivity contribution is 5.86. The van der Waals surface area contributed by atoms with Crippen LogP contribution in [0.15, 0.2) is 43.0 Å². The maximum atomic E-state index is 5.89. The minimum atomic E-state index is 0.0673. The molecule has 0 unspecified atom stereocenters. The lowest BCUT2D eigenvalue weighted by Crippen LogP contribution is -2.47. The number of anilines is 2. The zero-order valence-electron chi connectivity index (χ0n) is 17.5. The zero-order valence-corrected chi connectivity index (χ0v) is 17.5. The highest BCUT2D eigenvalue weighted by atomic mass is 16.5. The summed E-state index contributed by atoms with van der Waals surface area (Å²) in [5.74, 6) is 1.64. The summed E-state index contributed by atoms with van der Waals surface area (Å²) in [5.41, 5.74) is 4.12. The van der Waals surface area contributed by atoms with Crippen LogP contribution in [0.4, 0.5) is 11.5 Å². The summed E-state index contributed by atoms with van der Waals surface area (Å²) in [6.45, 7) is 9.65. The first-order valence-corrected chi connectivity index (χ1v) is 10.3. The molecule has 1 saturated heterocycles. The Kier molecular flexibility index (Phi) is 4.61. The van der Waals surface area contributed by atoms with E-state index >= 15 is 0 Å². The Morgan fingerprint density at radius 2 is 1.77 bits per heavy atom. The molecule has 1 aromatic carbocycles. The lowest BCUT2D eigenvalue weighted by Gasteiger charge is -2.37. The molecule has 8 nitrogen and oxygen atoms in total. The number of aromatic nitrogens is 5. The molecule has 4 heterocycles. The van der Waals surface area contributed by atoms with Crippen molar-refractivity contribution in [3.8, 4) is 5.88 Å². The van der Waals surface area contributed by atoms with Gasteiger partial charge in [-0.25, -0.2) is 19.5 Å². The van der Waals surface area contributed by atoms with E-state index in [0.717, 1.165) is 59.8 Å². The molecule has 0 bridgehead atoms. The minimum Gasteiger partial charge on any atom is -0.474 e. The smallest absolute Gasteiger partial charge is 0.224 e. The Morgan fingerprint density at radius 1 is 0.967 bits per heavy atom. The Morgan fingerprint density at radius 3 is 2.57 bits per heavy atom. The molecule has 0 saturated carbocycles. The fourth-order valence-electron chi connectivity index (χ4n) is 3.99. The van der Waals surface area contributed by atoms with Crippen LogP contribution in [-0.4, -0.2) is 56.8 Å². The summed E-state index contributed by atoms with van der Waals surface area (Å²) in [5, 5.41) is 5.46. The standard InChI is InChI=1S/C22H25N7O/c1-15(2)30-22-18-13-17(4-5-19(18)24-14-25-22)27-8-10-28(11-9-27)21-20-12-16(3)26-29(20)7-6-23-21/h4-7,12-15H,8-11H2,1-3H3. The van der Waals surface area contributed by atoms with Crippen LogP contribution in [0.2, 0.25) is 0 Å². The summed E-state index contributed by atoms with van der Waals surface area (Å²) in [6.07, 6.45) is 5.35. The number of fused-ring (bicyclic) bond motifs is 2. The van der Waals surface area contributed by atoms with Gasteiger partial charge in [-0.1, -0.05) is 0 Å². The first-order valence-electron chi connectivity index (χ1n) is 10.3. The number of rotatable bonds is 4. The molecular formula is C22H25N7O. The fraction of sp³-hybridized carbons (Fsp3) is 0.364. The molecule has 3 aromatic heterocycles. The summed E-state index contributed by atoms with van der Waals surface area (Å²) in [6, 6.07) is 8.41. The second-order valence-corrected chi connectivity index (χ2v) is 7.89. The first-order chi connectivity index (χ1) is 14.6. The fourth-order valence-corrected chi connectivity index (χ4v) is 3.99. The van der Waals surface area contributed by atoms with Gasteiger partial charge in [0.05, 0.1) is 22.7 Å². The topological polar surface area (TPSA) is 71.7 Å². The van der Waals surface area contributed by atoms with Crippen molar-refractivity contribution in [1.29, 1.82) is 0 Å². The molecule has 1 fully saturated rings. The first kappa shape index (κ1) is 18.6. The number of piperazine rings is 1. The molecule has 0 N–H and O–H groups in total. The van der Waals surface area contributed by atoms with Crippen molar-refractivity contribution in [3.63, 3.8) is 0 Å². The van der Waals surface area contributed by atoms with Crippen molar-refractivity contribution in [2.24, 2.45) is 0 Å². The average Bonchev–Trinajstić information content (AvgIpc) is 3.14. The number of aryl methyl sites for hydroxylation is 1. The van der Waals surface area contributed by atoms with E-state index in [4.69, 9.17) is 4.74 Å². The number of ether oxygens (including phenoxy) is 1. The van der Waals surface area contributed by atoms with Gasteiger partial charge in [0.2, 0.25) is 5.88 Å². The number of benzene rings is 1. The van der Waals surface area contributed by atoms with Crippen molar-refractivity contribution in [2.45, 2.75) is 26.9 Å². The molecule has 0 aliphatic carbocycles. The molecule has 0 amide bonds. The highest BCUT2D eigenvalue weighted by Gasteiger charge is 2.21. The highest BCUT2D eigenvalue weighted by Crippen LogP contribution is 2.29. The second-order valence-electron chi connectivity index (χ2n) is 7.89. The number of nitrogens with zero attached hydrogens (tertiary/aromatic N) is 7. The Balaban J connectivity index is 1.38. The second kappa shape index (κ2) is 7.44. The van der Waals surface area contributed by atoms with Gasteiger partial charge < -0.3 is 14.5 Å². The van der Waals surface area contributed by atoms with E-state index in [1.165, 1.54) is 0 Å². The zero-order chi connectivity index (χ0) is 20.7. The van der Waals surface area contributed by atoms with Crippen molar-refractivity contribution in [1.82, 2.24) is 24.6 Å². The van der Waals surface area contributed by atoms with E-state index in [1.54, 1.807) is 6.33 Å². The largest absolute Gasteiger partial charge is 0.474 e. The van der Waals surface area contributed by atoms with E-state index in [2.05, 4.69) is 48.0 Å². The summed E-state index contributed by atoms with van der Waals surface area (Å²) in [7, 11) is 0. The molecule has 4 aromatic rings. The number of hydrogen-bond donors (Lipinski definition) is 0.